The van der Waals surface area contributed by atoms with Gasteiger partial charge in [0.05, 0.1) is 0 Å². The topological polar surface area (TPSA) is 35.6 Å². The summed E-state index contributed by atoms with van der Waals surface area (Å²) >= 11 is 5.99. The number of nitrogens with one attached hydrogen (secondary N) is 1. The number of halogens is 2. The van der Waals surface area contributed by atoms with Crippen LogP contribution in [0.5, 0.6) is 0 Å². The lowest BCUT2D eigenvalue weighted by molar-refractivity contribution is -0.132. The summed E-state index contributed by atoms with van der Waals surface area (Å²) in [7, 11) is 0. The summed E-state index contributed by atoms with van der Waals surface area (Å²) in [5, 5.41) is 4.06. The quantitative estimate of drug-likeness (QED) is 0.834. The first-order valence-electron chi connectivity index (χ1n) is 8.65. The van der Waals surface area contributed by atoms with Gasteiger partial charge in [-0.2, -0.15) is 0 Å². The van der Waals surface area contributed by atoms with Crippen LogP contribution in [0.1, 0.15) is 37.8 Å². The normalized spacial score (nSPS) is 19.0. The van der Waals surface area contributed by atoms with Crippen molar-refractivity contribution in [1.29, 1.82) is 0 Å². The first kappa shape index (κ1) is 19.5. The van der Waals surface area contributed by atoms with Crippen molar-refractivity contribution < 1.29 is 4.79 Å². The predicted molar refractivity (Wildman–Crippen MR) is 101 cm³/mol. The van der Waals surface area contributed by atoms with E-state index in [1.54, 1.807) is 0 Å². The van der Waals surface area contributed by atoms with Crippen LogP contribution in [-0.4, -0.2) is 54.5 Å². The molecule has 1 N–H and O–H groups in total. The fraction of sp³-hybridized carbons (Fsp3) is 0.611. The summed E-state index contributed by atoms with van der Waals surface area (Å²) in [6, 6.07) is 9.06. The molecule has 134 valence electrons. The molecule has 1 aliphatic carbocycles. The van der Waals surface area contributed by atoms with Gasteiger partial charge in [0.15, 0.2) is 0 Å². The monoisotopic (exact) mass is 371 g/mol. The Hall–Kier alpha value is -0.810. The predicted octanol–water partition coefficient (Wildman–Crippen LogP) is 3.11. The molecule has 0 bridgehead atoms. The van der Waals surface area contributed by atoms with Crippen LogP contribution < -0.4 is 5.32 Å². The van der Waals surface area contributed by atoms with Gasteiger partial charge in [-0.15, -0.1) is 12.4 Å². The van der Waals surface area contributed by atoms with Crippen molar-refractivity contribution in [2.24, 2.45) is 0 Å². The molecule has 1 atom stereocenters. The van der Waals surface area contributed by atoms with Crippen LogP contribution in [0, 0.1) is 0 Å². The average Bonchev–Trinajstić information content (AvgIpc) is 3.41. The Labute approximate surface area is 155 Å². The molecule has 2 aliphatic rings. The van der Waals surface area contributed by atoms with Crippen LogP contribution in [-0.2, 0) is 4.79 Å². The zero-order valence-corrected chi connectivity index (χ0v) is 15.8. The number of hydrogen-bond acceptors (Lipinski definition) is 3. The number of benzene rings is 1. The summed E-state index contributed by atoms with van der Waals surface area (Å²) in [6.45, 7) is 6.59. The third kappa shape index (κ3) is 5.09. The van der Waals surface area contributed by atoms with E-state index >= 15 is 0 Å². The highest BCUT2D eigenvalue weighted by atomic mass is 35.5. The lowest BCUT2D eigenvalue weighted by atomic mass is 10.1. The number of amides is 1. The number of hydrogen-bond donors (Lipinski definition) is 1. The Bertz CT molecular complexity index is 528. The van der Waals surface area contributed by atoms with E-state index in [1.807, 2.05) is 17.0 Å². The maximum absolute atomic E-state index is 12.4. The Morgan fingerprint density at radius 2 is 1.92 bits per heavy atom. The Morgan fingerprint density at radius 1 is 1.29 bits per heavy atom. The van der Waals surface area contributed by atoms with Crippen molar-refractivity contribution >= 4 is 29.9 Å². The molecule has 1 amide bonds. The van der Waals surface area contributed by atoms with Gasteiger partial charge in [-0.1, -0.05) is 23.7 Å². The molecule has 2 fully saturated rings. The zero-order valence-electron chi connectivity index (χ0n) is 14.2. The van der Waals surface area contributed by atoms with Crippen molar-refractivity contribution in [3.63, 3.8) is 0 Å². The highest BCUT2D eigenvalue weighted by Gasteiger charge is 2.33. The van der Waals surface area contributed by atoms with E-state index in [0.29, 0.717) is 24.4 Å². The smallest absolute Gasteiger partial charge is 0.223 e. The van der Waals surface area contributed by atoms with Gasteiger partial charge in [-0.25, -0.2) is 0 Å². The molecule has 0 aromatic heterocycles. The Balaban J connectivity index is 0.00000208. The number of carbonyl (C=O) groups excluding carboxylic acids is 1. The lowest BCUT2D eigenvalue weighted by Gasteiger charge is -2.32. The van der Waals surface area contributed by atoms with Crippen molar-refractivity contribution in [3.8, 4) is 0 Å². The molecule has 1 heterocycles. The number of piperazine rings is 1. The van der Waals surface area contributed by atoms with Crippen LogP contribution in [0.2, 0.25) is 5.02 Å². The van der Waals surface area contributed by atoms with E-state index in [9.17, 15) is 4.79 Å². The number of carbonyl (C=O) groups is 1. The van der Waals surface area contributed by atoms with Crippen LogP contribution in [0.3, 0.4) is 0 Å². The summed E-state index contributed by atoms with van der Waals surface area (Å²) in [5.41, 5.74) is 1.27. The number of rotatable bonds is 6. The lowest BCUT2D eigenvalue weighted by Crippen LogP contribution is -2.47. The van der Waals surface area contributed by atoms with Crippen molar-refractivity contribution in [2.45, 2.75) is 38.3 Å². The molecule has 6 heteroatoms. The van der Waals surface area contributed by atoms with Gasteiger partial charge in [0, 0.05) is 56.3 Å². The minimum absolute atomic E-state index is 0. The van der Waals surface area contributed by atoms with Gasteiger partial charge >= 0.3 is 0 Å². The van der Waals surface area contributed by atoms with Crippen molar-refractivity contribution in [1.82, 2.24) is 15.1 Å². The van der Waals surface area contributed by atoms with Gasteiger partial charge < -0.3 is 10.2 Å². The second kappa shape index (κ2) is 9.04. The first-order chi connectivity index (χ1) is 11.1. The van der Waals surface area contributed by atoms with Crippen LogP contribution in [0.4, 0.5) is 0 Å². The molecule has 1 saturated carbocycles. The van der Waals surface area contributed by atoms with E-state index in [0.717, 1.165) is 37.7 Å². The highest BCUT2D eigenvalue weighted by molar-refractivity contribution is 6.30. The largest absolute Gasteiger partial charge is 0.340 e. The van der Waals surface area contributed by atoms with E-state index in [1.165, 1.54) is 18.4 Å². The molecule has 4 nitrogen and oxygen atoms in total. The van der Waals surface area contributed by atoms with Gasteiger partial charge in [0.1, 0.15) is 0 Å². The second-order valence-electron chi connectivity index (χ2n) is 6.58. The SMILES string of the molecule is CC(c1ccc(Cl)cc1)N(CCC(=O)N1CCNCC1)C1CC1.Cl. The molecular formula is C18H27Cl2N3O. The number of nitrogens with zero attached hydrogens (tertiary/aromatic N) is 2. The summed E-state index contributed by atoms with van der Waals surface area (Å²) in [4.78, 5) is 16.9. The van der Waals surface area contributed by atoms with E-state index in [-0.39, 0.29) is 12.4 Å². The van der Waals surface area contributed by atoms with Crippen molar-refractivity contribution in [2.75, 3.05) is 32.7 Å². The van der Waals surface area contributed by atoms with Crippen LogP contribution >= 0.6 is 24.0 Å². The van der Waals surface area contributed by atoms with Crippen LogP contribution in [0.25, 0.3) is 0 Å². The molecule has 1 unspecified atom stereocenters. The minimum Gasteiger partial charge on any atom is -0.340 e. The average molecular weight is 372 g/mol. The maximum Gasteiger partial charge on any atom is 0.223 e. The van der Waals surface area contributed by atoms with Gasteiger partial charge in [0.25, 0.3) is 0 Å². The van der Waals surface area contributed by atoms with E-state index in [4.69, 9.17) is 11.6 Å². The highest BCUT2D eigenvalue weighted by Crippen LogP contribution is 2.34. The van der Waals surface area contributed by atoms with Gasteiger partial charge in [0.2, 0.25) is 5.91 Å². The summed E-state index contributed by atoms with van der Waals surface area (Å²) in [6.07, 6.45) is 3.12. The van der Waals surface area contributed by atoms with Crippen LogP contribution in [0.15, 0.2) is 24.3 Å². The molecule has 1 aromatic rings. The molecular weight excluding hydrogens is 345 g/mol. The van der Waals surface area contributed by atoms with E-state index < -0.39 is 0 Å². The summed E-state index contributed by atoms with van der Waals surface area (Å²) < 4.78 is 0. The summed E-state index contributed by atoms with van der Waals surface area (Å²) in [5.74, 6) is 0.292. The fourth-order valence-corrected chi connectivity index (χ4v) is 3.45. The van der Waals surface area contributed by atoms with Gasteiger partial charge in [-0.3, -0.25) is 9.69 Å². The molecule has 3 rings (SSSR count). The molecule has 1 aromatic carbocycles. The first-order valence-corrected chi connectivity index (χ1v) is 9.02. The standard InChI is InChI=1S/C18H26ClN3O.ClH/c1-14(15-2-4-16(19)5-3-15)22(17-6-7-17)11-8-18(23)21-12-9-20-10-13-21;/h2-5,14,17,20H,6-13H2,1H3;1H. The third-order valence-corrected chi connectivity index (χ3v) is 5.17. The Kier molecular flexibility index (Phi) is 7.35. The molecule has 0 radical (unpaired) electrons. The van der Waals surface area contributed by atoms with E-state index in [2.05, 4.69) is 29.3 Å². The Morgan fingerprint density at radius 3 is 2.50 bits per heavy atom. The third-order valence-electron chi connectivity index (χ3n) is 4.92. The maximum atomic E-state index is 12.4. The van der Waals surface area contributed by atoms with Gasteiger partial charge in [-0.05, 0) is 37.5 Å². The molecule has 1 saturated heterocycles. The molecule has 24 heavy (non-hydrogen) atoms. The fourth-order valence-electron chi connectivity index (χ4n) is 3.33. The zero-order chi connectivity index (χ0) is 16.2. The molecule has 1 aliphatic heterocycles. The second-order valence-corrected chi connectivity index (χ2v) is 7.01. The minimum atomic E-state index is 0. The molecule has 0 spiro atoms. The van der Waals surface area contributed by atoms with Crippen molar-refractivity contribution in [3.05, 3.63) is 34.9 Å².